The fourth-order valence-corrected chi connectivity index (χ4v) is 6.10. The van der Waals surface area contributed by atoms with Crippen molar-refractivity contribution in [3.63, 3.8) is 0 Å². The van der Waals surface area contributed by atoms with E-state index in [1.165, 1.54) is 6.07 Å². The highest BCUT2D eigenvalue weighted by Crippen LogP contribution is 2.46. The number of rotatable bonds is 4. The Morgan fingerprint density at radius 2 is 1.90 bits per heavy atom. The van der Waals surface area contributed by atoms with Crippen LogP contribution in [0.1, 0.15) is 53.4 Å². The highest BCUT2D eigenvalue weighted by molar-refractivity contribution is 9.10. The number of nitrogens with zero attached hydrogens (tertiary/aromatic N) is 3. The van der Waals surface area contributed by atoms with Gasteiger partial charge < -0.3 is 14.2 Å². The van der Waals surface area contributed by atoms with Crippen LogP contribution in [0.4, 0.5) is 10.6 Å². The van der Waals surface area contributed by atoms with Gasteiger partial charge in [0.1, 0.15) is 5.60 Å². The van der Waals surface area contributed by atoms with E-state index in [9.17, 15) is 13.2 Å². The molecule has 0 bridgehead atoms. The first-order valence-electron chi connectivity index (χ1n) is 10.0. The van der Waals surface area contributed by atoms with E-state index in [2.05, 4.69) is 26.0 Å². The minimum Gasteiger partial charge on any atom is -0.443 e. The molecule has 1 saturated carbocycles. The molecule has 10 heteroatoms. The first-order chi connectivity index (χ1) is 13.9. The van der Waals surface area contributed by atoms with Crippen LogP contribution in [0.2, 0.25) is 0 Å². The van der Waals surface area contributed by atoms with Gasteiger partial charge in [-0.2, -0.15) is 4.31 Å². The summed E-state index contributed by atoms with van der Waals surface area (Å²) in [6, 6.07) is 3.00. The fourth-order valence-electron chi connectivity index (χ4n) is 3.67. The van der Waals surface area contributed by atoms with Gasteiger partial charge in [-0.1, -0.05) is 5.16 Å². The molecule has 2 aromatic rings. The number of carbonyl (C=O) groups is 1. The molecule has 0 unspecified atom stereocenters. The van der Waals surface area contributed by atoms with Crippen LogP contribution in [-0.4, -0.2) is 48.2 Å². The van der Waals surface area contributed by atoms with E-state index < -0.39 is 27.3 Å². The number of aromatic nitrogens is 1. The quantitative estimate of drug-likeness (QED) is 0.603. The SMILES string of the molecule is CC(C)(C)OC(=O)N(C1(C)CC1)S(=O)(=O)c1cc(Br)c2onc(N3CCCC3)c2c1. The summed E-state index contributed by atoms with van der Waals surface area (Å²) in [4.78, 5) is 15.0. The van der Waals surface area contributed by atoms with Crippen LogP contribution in [0.3, 0.4) is 0 Å². The second kappa shape index (κ2) is 7.12. The first-order valence-corrected chi connectivity index (χ1v) is 12.3. The normalized spacial score (nSPS) is 18.6. The van der Waals surface area contributed by atoms with Crippen LogP contribution in [0.5, 0.6) is 0 Å². The Bertz CT molecular complexity index is 1100. The van der Waals surface area contributed by atoms with Crippen LogP contribution < -0.4 is 4.90 Å². The molecule has 1 aliphatic heterocycles. The Hall–Kier alpha value is -1.81. The molecule has 2 fully saturated rings. The zero-order valence-electron chi connectivity index (χ0n) is 17.6. The van der Waals surface area contributed by atoms with E-state index in [-0.39, 0.29) is 4.90 Å². The average molecular weight is 500 g/mol. The standard InChI is InChI=1S/C20H26BrN3O5S/c1-19(2,3)28-18(25)24(20(4)7-8-20)30(26,27)13-11-14-16(15(21)12-13)29-22-17(14)23-9-5-6-10-23/h11-12H,5-10H2,1-4H3. The molecule has 0 atom stereocenters. The van der Waals surface area contributed by atoms with Crippen molar-refractivity contribution in [1.29, 1.82) is 0 Å². The Morgan fingerprint density at radius 3 is 2.47 bits per heavy atom. The molecular weight excluding hydrogens is 474 g/mol. The van der Waals surface area contributed by atoms with Gasteiger partial charge in [0, 0.05) is 13.1 Å². The number of halogens is 1. The second-order valence-electron chi connectivity index (χ2n) is 9.23. The lowest BCUT2D eigenvalue weighted by Gasteiger charge is -2.31. The average Bonchev–Trinajstić information content (AvgIpc) is 3.02. The van der Waals surface area contributed by atoms with E-state index >= 15 is 0 Å². The van der Waals surface area contributed by atoms with Crippen molar-refractivity contribution < 1.29 is 22.5 Å². The summed E-state index contributed by atoms with van der Waals surface area (Å²) in [5, 5.41) is 4.78. The van der Waals surface area contributed by atoms with Gasteiger partial charge in [-0.3, -0.25) is 0 Å². The fraction of sp³-hybridized carbons (Fsp3) is 0.600. The lowest BCUT2D eigenvalue weighted by atomic mass is 10.2. The Labute approximate surface area is 184 Å². The maximum Gasteiger partial charge on any atom is 0.424 e. The molecule has 0 N–H and O–H groups in total. The smallest absolute Gasteiger partial charge is 0.424 e. The van der Waals surface area contributed by atoms with E-state index in [1.807, 2.05) is 0 Å². The summed E-state index contributed by atoms with van der Waals surface area (Å²) in [5.74, 6) is 0.627. The molecule has 30 heavy (non-hydrogen) atoms. The molecule has 1 amide bonds. The number of carbonyl (C=O) groups excluding carboxylic acids is 1. The number of hydrogen-bond donors (Lipinski definition) is 0. The Balaban J connectivity index is 1.80. The molecular formula is C20H26BrN3O5S. The summed E-state index contributed by atoms with van der Waals surface area (Å²) < 4.78 is 39.6. The van der Waals surface area contributed by atoms with Crippen molar-refractivity contribution in [2.24, 2.45) is 0 Å². The molecule has 1 aliphatic carbocycles. The second-order valence-corrected chi connectivity index (χ2v) is 11.9. The largest absolute Gasteiger partial charge is 0.443 e. The zero-order valence-corrected chi connectivity index (χ0v) is 20.0. The molecule has 1 aromatic carbocycles. The van der Waals surface area contributed by atoms with Gasteiger partial charge in [0.05, 0.1) is 20.3 Å². The number of hydrogen-bond acceptors (Lipinski definition) is 7. The van der Waals surface area contributed by atoms with Crippen molar-refractivity contribution in [3.8, 4) is 0 Å². The third-order valence-corrected chi connectivity index (χ3v) is 7.94. The van der Waals surface area contributed by atoms with Gasteiger partial charge in [0.15, 0.2) is 11.4 Å². The Kier molecular flexibility index (Phi) is 5.08. The zero-order chi connectivity index (χ0) is 21.9. The van der Waals surface area contributed by atoms with Gasteiger partial charge in [0.25, 0.3) is 10.0 Å². The summed E-state index contributed by atoms with van der Waals surface area (Å²) in [7, 11) is -4.16. The number of amides is 1. The van der Waals surface area contributed by atoms with Crippen molar-refractivity contribution >= 4 is 48.8 Å². The highest BCUT2D eigenvalue weighted by Gasteiger charge is 2.53. The van der Waals surface area contributed by atoms with Crippen LogP contribution in [0.25, 0.3) is 11.0 Å². The van der Waals surface area contributed by atoms with Gasteiger partial charge in [0.2, 0.25) is 0 Å². The van der Waals surface area contributed by atoms with Crippen LogP contribution in [-0.2, 0) is 14.8 Å². The number of anilines is 1. The number of ether oxygens (including phenoxy) is 1. The third kappa shape index (κ3) is 3.79. The number of benzene rings is 1. The van der Waals surface area contributed by atoms with E-state index in [4.69, 9.17) is 9.26 Å². The van der Waals surface area contributed by atoms with E-state index in [0.717, 1.165) is 30.2 Å². The summed E-state index contributed by atoms with van der Waals surface area (Å²) in [5.41, 5.74) is -1.11. The molecule has 1 saturated heterocycles. The molecule has 4 rings (SSSR count). The topological polar surface area (TPSA) is 92.9 Å². The maximum absolute atomic E-state index is 13.6. The summed E-state index contributed by atoms with van der Waals surface area (Å²) in [6.45, 7) is 8.60. The lowest BCUT2D eigenvalue weighted by Crippen LogP contribution is -2.47. The highest BCUT2D eigenvalue weighted by atomic mass is 79.9. The van der Waals surface area contributed by atoms with Gasteiger partial charge in [-0.15, -0.1) is 0 Å². The predicted molar refractivity (Wildman–Crippen MR) is 116 cm³/mol. The van der Waals surface area contributed by atoms with Gasteiger partial charge >= 0.3 is 6.09 Å². The lowest BCUT2D eigenvalue weighted by molar-refractivity contribution is 0.0332. The monoisotopic (exact) mass is 499 g/mol. The van der Waals surface area contributed by atoms with Crippen LogP contribution in [0, 0.1) is 0 Å². The summed E-state index contributed by atoms with van der Waals surface area (Å²) >= 11 is 3.41. The maximum atomic E-state index is 13.6. The van der Waals surface area contributed by atoms with Crippen LogP contribution >= 0.6 is 15.9 Å². The van der Waals surface area contributed by atoms with Crippen molar-refractivity contribution in [2.45, 2.75) is 69.4 Å². The first kappa shape index (κ1) is 21.4. The minimum absolute atomic E-state index is 0.00417. The van der Waals surface area contributed by atoms with Crippen molar-refractivity contribution in [1.82, 2.24) is 9.46 Å². The molecule has 2 heterocycles. The molecule has 0 radical (unpaired) electrons. The van der Waals surface area contributed by atoms with Crippen molar-refractivity contribution in [3.05, 3.63) is 16.6 Å². The molecule has 2 aliphatic rings. The molecule has 1 aromatic heterocycles. The number of fused-ring (bicyclic) bond motifs is 1. The Morgan fingerprint density at radius 1 is 1.27 bits per heavy atom. The number of sulfonamides is 1. The minimum atomic E-state index is -4.16. The molecule has 8 nitrogen and oxygen atoms in total. The van der Waals surface area contributed by atoms with Gasteiger partial charge in [-0.25, -0.2) is 13.2 Å². The van der Waals surface area contributed by atoms with E-state index in [1.54, 1.807) is 33.8 Å². The third-order valence-electron chi connectivity index (χ3n) is 5.45. The van der Waals surface area contributed by atoms with Gasteiger partial charge in [-0.05, 0) is 81.4 Å². The summed E-state index contributed by atoms with van der Waals surface area (Å²) in [6.07, 6.45) is 2.45. The molecule has 0 spiro atoms. The van der Waals surface area contributed by atoms with Crippen molar-refractivity contribution in [2.75, 3.05) is 18.0 Å². The predicted octanol–water partition coefficient (Wildman–Crippen LogP) is 4.67. The molecule has 164 valence electrons. The van der Waals surface area contributed by atoms with Crippen LogP contribution in [0.15, 0.2) is 26.0 Å². The van der Waals surface area contributed by atoms with E-state index in [0.29, 0.717) is 34.1 Å².